The number of morpholine rings is 1. The van der Waals surface area contributed by atoms with E-state index in [9.17, 15) is 9.59 Å². The van der Waals surface area contributed by atoms with Crippen LogP contribution in [0, 0.1) is 13.8 Å². The fourth-order valence-electron chi connectivity index (χ4n) is 3.84. The van der Waals surface area contributed by atoms with Crippen molar-refractivity contribution in [2.24, 2.45) is 0 Å². The monoisotopic (exact) mass is 368 g/mol. The highest BCUT2D eigenvalue weighted by Gasteiger charge is 2.40. The third-order valence-electron chi connectivity index (χ3n) is 5.45. The predicted molar refractivity (Wildman–Crippen MR) is 99.9 cm³/mol. The van der Waals surface area contributed by atoms with E-state index >= 15 is 0 Å². The third-order valence-corrected chi connectivity index (χ3v) is 5.45. The number of benzene rings is 1. The number of nitrogens with one attached hydrogen (secondary N) is 1. The summed E-state index contributed by atoms with van der Waals surface area (Å²) in [6.07, 6.45) is 1.48. The number of hydrogen-bond donors (Lipinski definition) is 1. The molecule has 0 atom stereocenters. The van der Waals surface area contributed by atoms with Crippen LogP contribution in [0.2, 0.25) is 0 Å². The average Bonchev–Trinajstić information content (AvgIpc) is 3.03. The smallest absolute Gasteiger partial charge is 0.253 e. The molecule has 7 nitrogen and oxygen atoms in total. The zero-order chi connectivity index (χ0) is 19.0. The van der Waals surface area contributed by atoms with Gasteiger partial charge in [-0.3, -0.25) is 9.59 Å². The van der Waals surface area contributed by atoms with Crippen LogP contribution in [0.4, 0.5) is 0 Å². The minimum absolute atomic E-state index is 0.0320. The number of hydrogen-bond acceptors (Lipinski definition) is 4. The second-order valence-corrected chi connectivity index (χ2v) is 7.43. The zero-order valence-corrected chi connectivity index (χ0v) is 15.7. The maximum Gasteiger partial charge on any atom is 0.253 e. The Morgan fingerprint density at radius 2 is 1.89 bits per heavy atom. The number of nitrogens with zero attached hydrogens (tertiary/aromatic N) is 3. The van der Waals surface area contributed by atoms with Gasteiger partial charge in [0.25, 0.3) is 5.91 Å². The molecule has 1 N–H and O–H groups in total. The Balaban J connectivity index is 1.42. The van der Waals surface area contributed by atoms with E-state index in [2.05, 4.69) is 10.4 Å². The van der Waals surface area contributed by atoms with Crippen LogP contribution in [0.1, 0.15) is 34.6 Å². The third kappa shape index (κ3) is 3.47. The van der Waals surface area contributed by atoms with E-state index < -0.39 is 0 Å². The van der Waals surface area contributed by atoms with Crippen LogP contribution in [0.25, 0.3) is 5.69 Å². The molecule has 27 heavy (non-hydrogen) atoms. The van der Waals surface area contributed by atoms with E-state index in [0.717, 1.165) is 29.9 Å². The number of likely N-dealkylation sites (tertiary alicyclic amines) is 1. The molecule has 0 unspecified atom stereocenters. The van der Waals surface area contributed by atoms with Crippen molar-refractivity contribution in [3.05, 3.63) is 47.3 Å². The van der Waals surface area contributed by atoms with Crippen molar-refractivity contribution >= 4 is 11.8 Å². The molecule has 1 aromatic carbocycles. The maximum atomic E-state index is 12.8. The number of rotatable bonds is 2. The molecule has 0 aliphatic carbocycles. The Hall–Kier alpha value is -2.67. The summed E-state index contributed by atoms with van der Waals surface area (Å²) in [4.78, 5) is 26.0. The summed E-state index contributed by atoms with van der Waals surface area (Å²) in [6.45, 7) is 5.89. The molecule has 1 aromatic heterocycles. The molecule has 2 aromatic rings. The van der Waals surface area contributed by atoms with E-state index in [1.165, 1.54) is 0 Å². The van der Waals surface area contributed by atoms with Gasteiger partial charge >= 0.3 is 0 Å². The fourth-order valence-corrected chi connectivity index (χ4v) is 3.84. The Bertz CT molecular complexity index is 852. The molecule has 2 saturated heterocycles. The van der Waals surface area contributed by atoms with Gasteiger partial charge < -0.3 is 15.0 Å². The summed E-state index contributed by atoms with van der Waals surface area (Å²) < 4.78 is 7.65. The molecule has 0 saturated carbocycles. The molecule has 2 aliphatic heterocycles. The first kappa shape index (κ1) is 17.7. The highest BCUT2D eigenvalue weighted by molar-refractivity contribution is 5.94. The topological polar surface area (TPSA) is 76.5 Å². The first-order valence-electron chi connectivity index (χ1n) is 9.29. The van der Waals surface area contributed by atoms with Gasteiger partial charge in [-0.25, -0.2) is 4.68 Å². The Kier molecular flexibility index (Phi) is 4.47. The molecule has 7 heteroatoms. The summed E-state index contributed by atoms with van der Waals surface area (Å²) >= 11 is 0. The van der Waals surface area contributed by atoms with Crippen molar-refractivity contribution in [3.8, 4) is 5.69 Å². The lowest BCUT2D eigenvalue weighted by atomic mass is 9.89. The summed E-state index contributed by atoms with van der Waals surface area (Å²) in [5.74, 6) is -0.0357. The number of aryl methyl sites for hydroxylation is 2. The zero-order valence-electron chi connectivity index (χ0n) is 15.7. The van der Waals surface area contributed by atoms with Crippen molar-refractivity contribution in [1.82, 2.24) is 20.0 Å². The van der Waals surface area contributed by atoms with Crippen LogP contribution in [0.3, 0.4) is 0 Å². The molecule has 3 heterocycles. The normalized spacial score (nSPS) is 19.2. The summed E-state index contributed by atoms with van der Waals surface area (Å²) in [5, 5.41) is 7.35. The van der Waals surface area contributed by atoms with Crippen LogP contribution in [-0.2, 0) is 9.53 Å². The fraction of sp³-hybridized carbons (Fsp3) is 0.450. The van der Waals surface area contributed by atoms with Gasteiger partial charge in [-0.1, -0.05) is 0 Å². The molecule has 0 bridgehead atoms. The molecular weight excluding hydrogens is 344 g/mol. The SMILES string of the molecule is Cc1cc(C)n(-c2ccc(C(=O)N3CCC4(CC3)CNC(=O)CO4)cc2)n1. The number of carbonyl (C=O) groups is 2. The first-order chi connectivity index (χ1) is 13.0. The van der Waals surface area contributed by atoms with E-state index in [0.29, 0.717) is 25.2 Å². The van der Waals surface area contributed by atoms with Crippen LogP contribution in [-0.4, -0.2) is 58.3 Å². The minimum Gasteiger partial charge on any atom is -0.363 e. The van der Waals surface area contributed by atoms with Crippen LogP contribution < -0.4 is 5.32 Å². The first-order valence-corrected chi connectivity index (χ1v) is 9.29. The van der Waals surface area contributed by atoms with E-state index in [4.69, 9.17) is 4.74 Å². The van der Waals surface area contributed by atoms with Gasteiger partial charge in [-0.15, -0.1) is 0 Å². The lowest BCUT2D eigenvalue weighted by molar-refractivity contribution is -0.149. The highest BCUT2D eigenvalue weighted by atomic mass is 16.5. The molecule has 2 fully saturated rings. The largest absolute Gasteiger partial charge is 0.363 e. The van der Waals surface area contributed by atoms with Gasteiger partial charge in [0.05, 0.1) is 17.0 Å². The van der Waals surface area contributed by atoms with Crippen LogP contribution in [0.5, 0.6) is 0 Å². The van der Waals surface area contributed by atoms with E-state index in [1.807, 2.05) is 53.8 Å². The molecule has 2 aliphatic rings. The van der Waals surface area contributed by atoms with Crippen molar-refractivity contribution in [2.45, 2.75) is 32.3 Å². The van der Waals surface area contributed by atoms with Gasteiger partial charge in [0, 0.05) is 30.9 Å². The van der Waals surface area contributed by atoms with Crippen molar-refractivity contribution in [2.75, 3.05) is 26.2 Å². The van der Waals surface area contributed by atoms with Crippen molar-refractivity contribution < 1.29 is 14.3 Å². The molecule has 0 radical (unpaired) electrons. The predicted octanol–water partition coefficient (Wildman–Crippen LogP) is 1.61. The van der Waals surface area contributed by atoms with Gasteiger partial charge in [0.1, 0.15) is 6.61 Å². The Morgan fingerprint density at radius 3 is 2.44 bits per heavy atom. The molecule has 4 rings (SSSR count). The van der Waals surface area contributed by atoms with Crippen molar-refractivity contribution in [3.63, 3.8) is 0 Å². The van der Waals surface area contributed by atoms with Gasteiger partial charge in [0.15, 0.2) is 0 Å². The quantitative estimate of drug-likeness (QED) is 0.874. The van der Waals surface area contributed by atoms with E-state index in [-0.39, 0.29) is 24.0 Å². The molecular formula is C20H24N4O3. The second-order valence-electron chi connectivity index (χ2n) is 7.43. The summed E-state index contributed by atoms with van der Waals surface area (Å²) in [6, 6.07) is 9.60. The molecule has 1 spiro atoms. The Labute approximate surface area is 158 Å². The number of piperidine rings is 1. The molecule has 142 valence electrons. The highest BCUT2D eigenvalue weighted by Crippen LogP contribution is 2.28. The van der Waals surface area contributed by atoms with Gasteiger partial charge in [-0.05, 0) is 57.0 Å². The van der Waals surface area contributed by atoms with Gasteiger partial charge in [0.2, 0.25) is 5.91 Å². The lowest BCUT2D eigenvalue weighted by Gasteiger charge is -2.43. The molecule has 2 amide bonds. The second kappa shape index (κ2) is 6.81. The van der Waals surface area contributed by atoms with Crippen LogP contribution >= 0.6 is 0 Å². The minimum atomic E-state index is -0.315. The summed E-state index contributed by atoms with van der Waals surface area (Å²) in [5.41, 5.74) is 3.34. The number of ether oxygens (including phenoxy) is 1. The maximum absolute atomic E-state index is 12.8. The van der Waals surface area contributed by atoms with Crippen LogP contribution in [0.15, 0.2) is 30.3 Å². The average molecular weight is 368 g/mol. The Morgan fingerprint density at radius 1 is 1.19 bits per heavy atom. The lowest BCUT2D eigenvalue weighted by Crippen LogP contribution is -2.58. The summed E-state index contributed by atoms with van der Waals surface area (Å²) in [7, 11) is 0. The number of amides is 2. The number of carbonyl (C=O) groups excluding carboxylic acids is 2. The standard InChI is InChI=1S/C20H24N4O3/c1-14-11-15(2)24(22-14)17-5-3-16(4-6-17)19(26)23-9-7-20(8-10-23)13-21-18(25)12-27-20/h3-6,11H,7-10,12-13H2,1-2H3,(H,21,25). The van der Waals surface area contributed by atoms with Crippen molar-refractivity contribution in [1.29, 1.82) is 0 Å². The van der Waals surface area contributed by atoms with E-state index in [1.54, 1.807) is 0 Å². The van der Waals surface area contributed by atoms with Gasteiger partial charge in [-0.2, -0.15) is 5.10 Å². The number of aromatic nitrogens is 2.